The van der Waals surface area contributed by atoms with Gasteiger partial charge in [0.15, 0.2) is 0 Å². The van der Waals surface area contributed by atoms with Gasteiger partial charge in [0, 0.05) is 17.3 Å². The second kappa shape index (κ2) is 7.48. The van der Waals surface area contributed by atoms with Crippen LogP contribution >= 0.6 is 0 Å². The molecule has 1 amide bonds. The predicted molar refractivity (Wildman–Crippen MR) is 92.5 cm³/mol. The third kappa shape index (κ3) is 4.35. The number of rotatable bonds is 5. The molecule has 2 aromatic heterocycles. The Hall–Kier alpha value is -3.35. The molecule has 126 valence electrons. The van der Waals surface area contributed by atoms with Gasteiger partial charge in [-0.05, 0) is 13.0 Å². The van der Waals surface area contributed by atoms with E-state index < -0.39 is 0 Å². The first-order valence-electron chi connectivity index (χ1n) is 7.78. The van der Waals surface area contributed by atoms with Crippen LogP contribution in [0.25, 0.3) is 11.3 Å². The van der Waals surface area contributed by atoms with Crippen LogP contribution in [0.3, 0.4) is 0 Å². The zero-order valence-electron chi connectivity index (χ0n) is 13.7. The first-order valence-corrected chi connectivity index (χ1v) is 7.78. The Bertz CT molecular complexity index is 937. The van der Waals surface area contributed by atoms with E-state index in [1.54, 1.807) is 6.07 Å². The van der Waals surface area contributed by atoms with Gasteiger partial charge < -0.3 is 5.32 Å². The summed E-state index contributed by atoms with van der Waals surface area (Å²) in [5.41, 5.74) is 2.71. The minimum Gasteiger partial charge on any atom is -0.349 e. The van der Waals surface area contributed by atoms with Gasteiger partial charge in [-0.15, -0.1) is 0 Å². The Balaban J connectivity index is 1.64. The molecule has 0 aliphatic rings. The molecule has 1 N–H and O–H groups in total. The number of hydrogen-bond donors (Lipinski definition) is 1. The zero-order valence-corrected chi connectivity index (χ0v) is 13.7. The molecule has 0 bridgehead atoms. The number of nitrogens with one attached hydrogen (secondary N) is 1. The van der Waals surface area contributed by atoms with Crippen molar-refractivity contribution in [3.63, 3.8) is 0 Å². The van der Waals surface area contributed by atoms with E-state index in [0.717, 1.165) is 11.3 Å². The molecule has 0 saturated heterocycles. The highest BCUT2D eigenvalue weighted by molar-refractivity contribution is 5.75. The van der Waals surface area contributed by atoms with E-state index in [1.807, 2.05) is 37.3 Å². The summed E-state index contributed by atoms with van der Waals surface area (Å²) in [7, 11) is 0. The maximum Gasteiger partial charge on any atom is 0.254 e. The average Bonchev–Trinajstić information content (AvgIpc) is 2.62. The van der Waals surface area contributed by atoms with Crippen molar-refractivity contribution >= 4 is 5.91 Å². The molecular formula is C18H17N5O2. The number of nitrogens with zero attached hydrogens (tertiary/aromatic N) is 4. The van der Waals surface area contributed by atoms with Crippen molar-refractivity contribution in [3.8, 4) is 11.3 Å². The number of benzene rings is 1. The molecule has 3 rings (SSSR count). The summed E-state index contributed by atoms with van der Waals surface area (Å²) >= 11 is 0. The van der Waals surface area contributed by atoms with Crippen molar-refractivity contribution < 1.29 is 4.79 Å². The van der Waals surface area contributed by atoms with Crippen LogP contribution in [0, 0.1) is 6.92 Å². The standard InChI is InChI=1S/C18H17N5O2/c1-13-7-15(21-11-20-13)9-19-17(24)10-23-12-22-16(8-18(23)25)14-5-3-2-4-6-14/h2-8,11-12H,9-10H2,1H3,(H,19,24). The smallest absolute Gasteiger partial charge is 0.254 e. The fraction of sp³-hybridized carbons (Fsp3) is 0.167. The lowest BCUT2D eigenvalue weighted by Gasteiger charge is -2.08. The van der Waals surface area contributed by atoms with Crippen molar-refractivity contribution in [2.24, 2.45) is 0 Å². The lowest BCUT2D eigenvalue weighted by atomic mass is 10.1. The van der Waals surface area contributed by atoms with Crippen LogP contribution in [0.15, 0.2) is 59.9 Å². The van der Waals surface area contributed by atoms with E-state index in [-0.39, 0.29) is 24.6 Å². The fourth-order valence-corrected chi connectivity index (χ4v) is 2.32. The molecule has 25 heavy (non-hydrogen) atoms. The maximum atomic E-state index is 12.2. The Morgan fingerprint density at radius 2 is 1.92 bits per heavy atom. The monoisotopic (exact) mass is 335 g/mol. The molecule has 2 heterocycles. The van der Waals surface area contributed by atoms with Gasteiger partial charge in [0.05, 0.1) is 24.3 Å². The Morgan fingerprint density at radius 3 is 2.64 bits per heavy atom. The fourth-order valence-electron chi connectivity index (χ4n) is 2.32. The average molecular weight is 335 g/mol. The van der Waals surface area contributed by atoms with Crippen molar-refractivity contribution in [2.75, 3.05) is 0 Å². The molecule has 0 aliphatic carbocycles. The molecule has 7 heteroatoms. The van der Waals surface area contributed by atoms with Gasteiger partial charge in [-0.2, -0.15) is 0 Å². The van der Waals surface area contributed by atoms with Crippen LogP contribution in [-0.2, 0) is 17.9 Å². The van der Waals surface area contributed by atoms with E-state index in [2.05, 4.69) is 20.3 Å². The second-order valence-electron chi connectivity index (χ2n) is 5.53. The Kier molecular flexibility index (Phi) is 4.94. The summed E-state index contributed by atoms with van der Waals surface area (Å²) in [5, 5.41) is 2.73. The van der Waals surface area contributed by atoms with Crippen molar-refractivity contribution in [3.05, 3.63) is 76.9 Å². The second-order valence-corrected chi connectivity index (χ2v) is 5.53. The molecule has 0 spiro atoms. The number of amides is 1. The van der Waals surface area contributed by atoms with Crippen LogP contribution in [0.5, 0.6) is 0 Å². The summed E-state index contributed by atoms with van der Waals surface area (Å²) in [6.07, 6.45) is 2.84. The summed E-state index contributed by atoms with van der Waals surface area (Å²) in [5.74, 6) is -0.285. The number of aryl methyl sites for hydroxylation is 1. The lowest BCUT2D eigenvalue weighted by molar-refractivity contribution is -0.121. The minimum absolute atomic E-state index is 0.0923. The third-order valence-corrected chi connectivity index (χ3v) is 3.59. The molecule has 7 nitrogen and oxygen atoms in total. The van der Waals surface area contributed by atoms with Crippen molar-refractivity contribution in [1.29, 1.82) is 0 Å². The van der Waals surface area contributed by atoms with Crippen LogP contribution in [0.4, 0.5) is 0 Å². The Labute approximate surface area is 144 Å². The summed E-state index contributed by atoms with van der Waals surface area (Å²) < 4.78 is 1.27. The van der Waals surface area contributed by atoms with Crippen LogP contribution in [0.2, 0.25) is 0 Å². The largest absolute Gasteiger partial charge is 0.349 e. The van der Waals surface area contributed by atoms with Gasteiger partial charge in [-0.3, -0.25) is 14.2 Å². The zero-order chi connectivity index (χ0) is 17.6. The summed E-state index contributed by atoms with van der Waals surface area (Å²) in [6.45, 7) is 2.05. The molecule has 1 aromatic carbocycles. The first kappa shape index (κ1) is 16.5. The minimum atomic E-state index is -0.285. The third-order valence-electron chi connectivity index (χ3n) is 3.59. The molecule has 0 saturated carbocycles. The number of carbonyl (C=O) groups is 1. The van der Waals surface area contributed by atoms with E-state index in [1.165, 1.54) is 23.3 Å². The van der Waals surface area contributed by atoms with Crippen LogP contribution in [0.1, 0.15) is 11.4 Å². The van der Waals surface area contributed by atoms with Crippen LogP contribution in [-0.4, -0.2) is 25.4 Å². The Morgan fingerprint density at radius 1 is 1.12 bits per heavy atom. The molecule has 0 radical (unpaired) electrons. The van der Waals surface area contributed by atoms with Crippen molar-refractivity contribution in [2.45, 2.75) is 20.0 Å². The number of hydrogen-bond acceptors (Lipinski definition) is 5. The van der Waals surface area contributed by atoms with Gasteiger partial charge in [0.1, 0.15) is 12.9 Å². The molecule has 0 fully saturated rings. The lowest BCUT2D eigenvalue weighted by Crippen LogP contribution is -2.32. The van der Waals surface area contributed by atoms with Crippen LogP contribution < -0.4 is 10.9 Å². The van der Waals surface area contributed by atoms with Gasteiger partial charge in [-0.25, -0.2) is 15.0 Å². The van der Waals surface area contributed by atoms with Gasteiger partial charge in [0.25, 0.3) is 5.56 Å². The van der Waals surface area contributed by atoms with E-state index in [9.17, 15) is 9.59 Å². The summed E-state index contributed by atoms with van der Waals surface area (Å²) in [6, 6.07) is 12.6. The maximum absolute atomic E-state index is 12.2. The quantitative estimate of drug-likeness (QED) is 0.759. The highest BCUT2D eigenvalue weighted by Crippen LogP contribution is 2.13. The first-order chi connectivity index (χ1) is 12.1. The van der Waals surface area contributed by atoms with Gasteiger partial charge in [-0.1, -0.05) is 30.3 Å². The van der Waals surface area contributed by atoms with Gasteiger partial charge >= 0.3 is 0 Å². The molecule has 0 atom stereocenters. The van der Waals surface area contributed by atoms with E-state index in [0.29, 0.717) is 11.4 Å². The van der Waals surface area contributed by atoms with E-state index >= 15 is 0 Å². The molecule has 0 unspecified atom stereocenters. The predicted octanol–water partition coefficient (Wildman–Crippen LogP) is 1.33. The van der Waals surface area contributed by atoms with Gasteiger partial charge in [0.2, 0.25) is 5.91 Å². The topological polar surface area (TPSA) is 89.8 Å². The highest BCUT2D eigenvalue weighted by atomic mass is 16.2. The van der Waals surface area contributed by atoms with E-state index in [4.69, 9.17) is 0 Å². The SMILES string of the molecule is Cc1cc(CNC(=O)Cn2cnc(-c3ccccc3)cc2=O)ncn1. The normalized spacial score (nSPS) is 10.4. The molecule has 3 aromatic rings. The number of carbonyl (C=O) groups excluding carboxylic acids is 1. The highest BCUT2D eigenvalue weighted by Gasteiger charge is 2.07. The number of aromatic nitrogens is 4. The summed E-state index contributed by atoms with van der Waals surface area (Å²) in [4.78, 5) is 36.6. The molecular weight excluding hydrogens is 318 g/mol. The van der Waals surface area contributed by atoms with Crippen molar-refractivity contribution in [1.82, 2.24) is 24.8 Å². The molecule has 0 aliphatic heterocycles.